The second kappa shape index (κ2) is 5.60. The molecule has 0 amide bonds. The predicted octanol–water partition coefficient (Wildman–Crippen LogP) is 3.11. The first-order valence-corrected chi connectivity index (χ1v) is 5.64. The quantitative estimate of drug-likeness (QED) is 0.401. The van der Waals surface area contributed by atoms with Crippen LogP contribution in [0.25, 0.3) is 6.08 Å². The molecule has 4 nitrogen and oxygen atoms in total. The molecule has 6 heteroatoms. The van der Waals surface area contributed by atoms with E-state index in [1.54, 1.807) is 12.2 Å². The maximum atomic E-state index is 13.2. The van der Waals surface area contributed by atoms with E-state index in [9.17, 15) is 14.5 Å². The summed E-state index contributed by atoms with van der Waals surface area (Å²) in [6.07, 6.45) is 4.08. The standard InChI is InChI=1S/C10H10BrFN2O2/c11-4-2-1-3-7-5-8(14(15)16)6-9(12)10(7)13/h1,3,5-6H,2,4,13H2. The van der Waals surface area contributed by atoms with Gasteiger partial charge in [-0.05, 0) is 6.42 Å². The SMILES string of the molecule is Nc1c(F)cc([N+](=O)[O-])cc1C=CCCBr. The number of anilines is 1. The molecule has 0 bridgehead atoms. The third-order valence-corrected chi connectivity index (χ3v) is 2.39. The highest BCUT2D eigenvalue weighted by molar-refractivity contribution is 9.09. The Bertz CT molecular complexity index is 435. The Morgan fingerprint density at radius 3 is 2.81 bits per heavy atom. The van der Waals surface area contributed by atoms with E-state index in [0.29, 0.717) is 5.56 Å². The van der Waals surface area contributed by atoms with E-state index < -0.39 is 10.7 Å². The normalized spacial score (nSPS) is 10.9. The maximum absolute atomic E-state index is 13.2. The summed E-state index contributed by atoms with van der Waals surface area (Å²) in [4.78, 5) is 9.86. The minimum Gasteiger partial charge on any atom is -0.396 e. The lowest BCUT2D eigenvalue weighted by atomic mass is 10.1. The van der Waals surface area contributed by atoms with Crippen LogP contribution in [0.4, 0.5) is 15.8 Å². The number of allylic oxidation sites excluding steroid dienone is 1. The largest absolute Gasteiger partial charge is 0.396 e. The van der Waals surface area contributed by atoms with Crippen LogP contribution in [0.15, 0.2) is 18.2 Å². The lowest BCUT2D eigenvalue weighted by molar-refractivity contribution is -0.385. The van der Waals surface area contributed by atoms with E-state index in [2.05, 4.69) is 15.9 Å². The van der Waals surface area contributed by atoms with Crippen molar-refractivity contribution < 1.29 is 9.31 Å². The minimum absolute atomic E-state index is 0.0728. The van der Waals surface area contributed by atoms with E-state index in [4.69, 9.17) is 5.73 Å². The fraction of sp³-hybridized carbons (Fsp3) is 0.200. The molecule has 0 saturated heterocycles. The second-order valence-corrected chi connectivity index (χ2v) is 3.86. The third-order valence-electron chi connectivity index (χ3n) is 1.93. The van der Waals surface area contributed by atoms with Crippen molar-refractivity contribution in [1.29, 1.82) is 0 Å². The average molecular weight is 289 g/mol. The van der Waals surface area contributed by atoms with Crippen molar-refractivity contribution in [3.05, 3.63) is 39.7 Å². The number of nitrogens with two attached hydrogens (primary N) is 1. The summed E-state index contributed by atoms with van der Waals surface area (Å²) in [6.45, 7) is 0. The van der Waals surface area contributed by atoms with Crippen LogP contribution < -0.4 is 5.73 Å². The van der Waals surface area contributed by atoms with E-state index in [1.807, 2.05) is 0 Å². The summed E-state index contributed by atoms with van der Waals surface area (Å²) in [5, 5.41) is 11.3. The maximum Gasteiger partial charge on any atom is 0.273 e. The van der Waals surface area contributed by atoms with Crippen molar-refractivity contribution >= 4 is 33.4 Å². The van der Waals surface area contributed by atoms with Crippen LogP contribution in [0.3, 0.4) is 0 Å². The first-order valence-electron chi connectivity index (χ1n) is 4.52. The Kier molecular flexibility index (Phi) is 4.42. The molecule has 1 aromatic rings. The summed E-state index contributed by atoms with van der Waals surface area (Å²) in [6, 6.07) is 2.07. The van der Waals surface area contributed by atoms with Gasteiger partial charge in [-0.25, -0.2) is 4.39 Å². The number of non-ortho nitro benzene ring substituents is 1. The molecule has 0 atom stereocenters. The van der Waals surface area contributed by atoms with Crippen LogP contribution in [-0.2, 0) is 0 Å². The van der Waals surface area contributed by atoms with E-state index in [1.165, 1.54) is 6.07 Å². The smallest absolute Gasteiger partial charge is 0.273 e. The van der Waals surface area contributed by atoms with Crippen molar-refractivity contribution in [2.45, 2.75) is 6.42 Å². The molecule has 0 radical (unpaired) electrons. The number of nitro benzene ring substituents is 1. The number of hydrogen-bond acceptors (Lipinski definition) is 3. The fourth-order valence-corrected chi connectivity index (χ4v) is 1.41. The van der Waals surface area contributed by atoms with Crippen LogP contribution in [0.2, 0.25) is 0 Å². The monoisotopic (exact) mass is 288 g/mol. The van der Waals surface area contributed by atoms with Gasteiger partial charge in [-0.3, -0.25) is 10.1 Å². The van der Waals surface area contributed by atoms with Crippen molar-refractivity contribution in [3.63, 3.8) is 0 Å². The van der Waals surface area contributed by atoms with E-state index in [0.717, 1.165) is 17.8 Å². The molecule has 0 aliphatic heterocycles. The molecule has 0 spiro atoms. The highest BCUT2D eigenvalue weighted by Crippen LogP contribution is 2.24. The molecule has 86 valence electrons. The molecule has 0 fully saturated rings. The number of hydrogen-bond donors (Lipinski definition) is 1. The fourth-order valence-electron chi connectivity index (χ4n) is 1.14. The van der Waals surface area contributed by atoms with Gasteiger partial charge in [0.15, 0.2) is 5.82 Å². The topological polar surface area (TPSA) is 69.2 Å². The molecule has 1 aromatic carbocycles. The summed E-state index contributed by atoms with van der Waals surface area (Å²) in [5.41, 5.74) is 5.43. The van der Waals surface area contributed by atoms with Gasteiger partial charge in [-0.2, -0.15) is 0 Å². The lowest BCUT2D eigenvalue weighted by Crippen LogP contribution is -1.97. The van der Waals surface area contributed by atoms with Crippen molar-refractivity contribution in [1.82, 2.24) is 0 Å². The van der Waals surface area contributed by atoms with Crippen molar-refractivity contribution in [3.8, 4) is 0 Å². The zero-order valence-electron chi connectivity index (χ0n) is 8.32. The second-order valence-electron chi connectivity index (χ2n) is 3.07. The van der Waals surface area contributed by atoms with E-state index >= 15 is 0 Å². The Balaban J connectivity index is 3.11. The minimum atomic E-state index is -0.771. The molecule has 0 unspecified atom stereocenters. The van der Waals surface area contributed by atoms with Crippen molar-refractivity contribution in [2.75, 3.05) is 11.1 Å². The number of nitrogens with zero attached hydrogens (tertiary/aromatic N) is 1. The number of nitrogen functional groups attached to an aromatic ring is 1. The predicted molar refractivity (Wildman–Crippen MR) is 64.9 cm³/mol. The van der Waals surface area contributed by atoms with Gasteiger partial charge in [-0.15, -0.1) is 0 Å². The number of rotatable bonds is 4. The van der Waals surface area contributed by atoms with Gasteiger partial charge in [0, 0.05) is 17.0 Å². The lowest BCUT2D eigenvalue weighted by Gasteiger charge is -2.02. The number of alkyl halides is 1. The van der Waals surface area contributed by atoms with Crippen LogP contribution >= 0.6 is 15.9 Å². The van der Waals surface area contributed by atoms with Crippen LogP contribution in [-0.4, -0.2) is 10.3 Å². The molecular formula is C10H10BrFN2O2. The van der Waals surface area contributed by atoms with E-state index in [-0.39, 0.29) is 11.4 Å². The molecule has 0 aromatic heterocycles. The molecule has 0 aliphatic rings. The first kappa shape index (κ1) is 12.6. The third kappa shape index (κ3) is 3.03. The van der Waals surface area contributed by atoms with Gasteiger partial charge in [-0.1, -0.05) is 28.1 Å². The highest BCUT2D eigenvalue weighted by Gasteiger charge is 2.12. The number of halogens is 2. The summed E-state index contributed by atoms with van der Waals surface area (Å²) in [7, 11) is 0. The average Bonchev–Trinajstić information content (AvgIpc) is 2.24. The van der Waals surface area contributed by atoms with Gasteiger partial charge in [0.1, 0.15) is 0 Å². The molecule has 0 aliphatic carbocycles. The van der Waals surface area contributed by atoms with Crippen LogP contribution in [0, 0.1) is 15.9 Å². The van der Waals surface area contributed by atoms with Gasteiger partial charge in [0.25, 0.3) is 5.69 Å². The van der Waals surface area contributed by atoms with Crippen molar-refractivity contribution in [2.24, 2.45) is 0 Å². The first-order chi connectivity index (χ1) is 7.56. The Labute approximate surface area is 100 Å². The zero-order chi connectivity index (χ0) is 12.1. The Morgan fingerprint density at radius 1 is 1.56 bits per heavy atom. The molecule has 0 heterocycles. The Morgan fingerprint density at radius 2 is 2.25 bits per heavy atom. The molecule has 2 N–H and O–H groups in total. The molecule has 0 saturated carbocycles. The number of benzene rings is 1. The zero-order valence-corrected chi connectivity index (χ0v) is 9.91. The molecule has 16 heavy (non-hydrogen) atoms. The summed E-state index contributed by atoms with van der Waals surface area (Å²) >= 11 is 3.23. The summed E-state index contributed by atoms with van der Waals surface area (Å²) in [5.74, 6) is -0.771. The molecule has 1 rings (SSSR count). The van der Waals surface area contributed by atoms with Gasteiger partial charge in [0.05, 0.1) is 16.7 Å². The highest BCUT2D eigenvalue weighted by atomic mass is 79.9. The summed E-state index contributed by atoms with van der Waals surface area (Å²) < 4.78 is 13.2. The van der Waals surface area contributed by atoms with Gasteiger partial charge in [0.2, 0.25) is 0 Å². The van der Waals surface area contributed by atoms with Crippen LogP contribution in [0.1, 0.15) is 12.0 Å². The van der Waals surface area contributed by atoms with Gasteiger partial charge >= 0.3 is 0 Å². The van der Waals surface area contributed by atoms with Crippen LogP contribution in [0.5, 0.6) is 0 Å². The number of nitro groups is 1. The molecular weight excluding hydrogens is 279 g/mol. The Hall–Kier alpha value is -1.43. The van der Waals surface area contributed by atoms with Gasteiger partial charge < -0.3 is 5.73 Å².